The molecule has 0 fully saturated rings. The Kier molecular flexibility index (Phi) is 4.75. The summed E-state index contributed by atoms with van der Waals surface area (Å²) in [5.41, 5.74) is 2.59. The minimum Gasteiger partial charge on any atom is -0.378 e. The highest BCUT2D eigenvalue weighted by molar-refractivity contribution is 14.1. The summed E-state index contributed by atoms with van der Waals surface area (Å²) in [7, 11) is 0. The summed E-state index contributed by atoms with van der Waals surface area (Å²) in [5.74, 6) is 0. The van der Waals surface area contributed by atoms with Crippen LogP contribution < -0.4 is 5.32 Å². The molecule has 0 saturated heterocycles. The molecule has 1 unspecified atom stereocenters. The smallest absolute Gasteiger partial charge is 0.270 e. The maximum Gasteiger partial charge on any atom is 0.270 e. The van der Waals surface area contributed by atoms with Crippen LogP contribution in [0.15, 0.2) is 42.5 Å². The van der Waals surface area contributed by atoms with Gasteiger partial charge in [-0.3, -0.25) is 10.1 Å². The number of nitrogens with one attached hydrogen (secondary N) is 1. The largest absolute Gasteiger partial charge is 0.378 e. The maximum atomic E-state index is 10.7. The van der Waals surface area contributed by atoms with Crippen LogP contribution in [0.1, 0.15) is 24.1 Å². The normalized spacial score (nSPS) is 11.5. The zero-order chi connectivity index (χ0) is 15.4. The zero-order valence-corrected chi connectivity index (χ0v) is 13.4. The van der Waals surface area contributed by atoms with Crippen molar-refractivity contribution in [1.29, 1.82) is 5.26 Å². The molecule has 0 amide bonds. The highest BCUT2D eigenvalue weighted by Gasteiger charge is 2.11. The van der Waals surface area contributed by atoms with Gasteiger partial charge in [0.15, 0.2) is 0 Å². The number of non-ortho nitro benzene ring substituents is 1. The first kappa shape index (κ1) is 15.3. The van der Waals surface area contributed by atoms with Crippen molar-refractivity contribution in [2.45, 2.75) is 13.0 Å². The monoisotopic (exact) mass is 393 g/mol. The van der Waals surface area contributed by atoms with Crippen molar-refractivity contribution in [3.63, 3.8) is 0 Å². The summed E-state index contributed by atoms with van der Waals surface area (Å²) in [6.45, 7) is 2.00. The first-order valence-electron chi connectivity index (χ1n) is 6.22. The molecular weight excluding hydrogens is 381 g/mol. The molecule has 21 heavy (non-hydrogen) atoms. The van der Waals surface area contributed by atoms with Gasteiger partial charge in [-0.05, 0) is 53.3 Å². The second-order valence-electron chi connectivity index (χ2n) is 4.52. The SMILES string of the molecule is CC(Nc1ccc([N+](=O)[O-])cc1I)c1ccc(C#N)cc1. The lowest BCUT2D eigenvalue weighted by molar-refractivity contribution is -0.384. The van der Waals surface area contributed by atoms with Crippen LogP contribution in [0.5, 0.6) is 0 Å². The van der Waals surface area contributed by atoms with Gasteiger partial charge in [-0.1, -0.05) is 12.1 Å². The van der Waals surface area contributed by atoms with Gasteiger partial charge >= 0.3 is 0 Å². The summed E-state index contributed by atoms with van der Waals surface area (Å²) >= 11 is 2.07. The third-order valence-electron chi connectivity index (χ3n) is 3.08. The third-order valence-corrected chi connectivity index (χ3v) is 3.97. The van der Waals surface area contributed by atoms with Crippen LogP contribution in [-0.4, -0.2) is 4.92 Å². The van der Waals surface area contributed by atoms with Crippen LogP contribution in [-0.2, 0) is 0 Å². The Labute approximate surface area is 135 Å². The summed E-state index contributed by atoms with van der Waals surface area (Å²) in [6.07, 6.45) is 0. The zero-order valence-electron chi connectivity index (χ0n) is 11.2. The Morgan fingerprint density at radius 1 is 1.29 bits per heavy atom. The number of rotatable bonds is 4. The minimum atomic E-state index is -0.407. The van der Waals surface area contributed by atoms with Gasteiger partial charge in [0.1, 0.15) is 0 Å². The molecule has 1 N–H and O–H groups in total. The molecule has 2 rings (SSSR count). The lowest BCUT2D eigenvalue weighted by atomic mass is 10.1. The molecule has 2 aromatic rings. The van der Waals surface area contributed by atoms with Crippen LogP contribution >= 0.6 is 22.6 Å². The maximum absolute atomic E-state index is 10.7. The molecule has 1 atom stereocenters. The van der Waals surface area contributed by atoms with Crippen LogP contribution in [0.2, 0.25) is 0 Å². The van der Waals surface area contributed by atoms with Crippen LogP contribution in [0, 0.1) is 25.0 Å². The Morgan fingerprint density at radius 2 is 1.95 bits per heavy atom. The lowest BCUT2D eigenvalue weighted by Crippen LogP contribution is -2.07. The van der Waals surface area contributed by atoms with E-state index in [4.69, 9.17) is 5.26 Å². The fourth-order valence-corrected chi connectivity index (χ4v) is 2.55. The van der Waals surface area contributed by atoms with E-state index in [9.17, 15) is 10.1 Å². The van der Waals surface area contributed by atoms with Gasteiger partial charge in [0.05, 0.1) is 16.6 Å². The van der Waals surface area contributed by atoms with Crippen LogP contribution in [0.3, 0.4) is 0 Å². The Bertz CT molecular complexity index is 708. The fourth-order valence-electron chi connectivity index (χ4n) is 1.90. The van der Waals surface area contributed by atoms with Gasteiger partial charge < -0.3 is 5.32 Å². The van der Waals surface area contributed by atoms with E-state index < -0.39 is 4.92 Å². The molecule has 106 valence electrons. The molecular formula is C15H12IN3O2. The van der Waals surface area contributed by atoms with Gasteiger partial charge in [-0.25, -0.2) is 0 Å². The molecule has 0 heterocycles. The molecule has 2 aromatic carbocycles. The van der Waals surface area contributed by atoms with Crippen molar-refractivity contribution in [3.8, 4) is 6.07 Å². The first-order chi connectivity index (χ1) is 10.0. The summed E-state index contributed by atoms with van der Waals surface area (Å²) in [5, 5.41) is 22.8. The van der Waals surface area contributed by atoms with Gasteiger partial charge in [-0.2, -0.15) is 5.26 Å². The molecule has 0 aliphatic rings. The van der Waals surface area contributed by atoms with E-state index in [1.165, 1.54) is 12.1 Å². The van der Waals surface area contributed by atoms with E-state index in [0.29, 0.717) is 5.56 Å². The molecule has 0 radical (unpaired) electrons. The Hall–Kier alpha value is -2.14. The predicted octanol–water partition coefficient (Wildman–Crippen LogP) is 4.24. The number of hydrogen-bond acceptors (Lipinski definition) is 4. The predicted molar refractivity (Wildman–Crippen MR) is 89.0 cm³/mol. The molecule has 0 saturated carbocycles. The Morgan fingerprint density at radius 3 is 2.48 bits per heavy atom. The third kappa shape index (κ3) is 3.70. The van der Waals surface area contributed by atoms with Gasteiger partial charge in [0.25, 0.3) is 5.69 Å². The van der Waals surface area contributed by atoms with Crippen LogP contribution in [0.25, 0.3) is 0 Å². The molecule has 0 bridgehead atoms. The number of nitro benzene ring substituents is 1. The number of halogens is 1. The molecule has 5 nitrogen and oxygen atoms in total. The number of nitriles is 1. The fraction of sp³-hybridized carbons (Fsp3) is 0.133. The quantitative estimate of drug-likeness (QED) is 0.479. The molecule has 0 aliphatic carbocycles. The molecule has 0 aliphatic heterocycles. The van der Waals surface area contributed by atoms with E-state index in [1.807, 2.05) is 19.1 Å². The van der Waals surface area contributed by atoms with Crippen molar-refractivity contribution in [2.75, 3.05) is 5.32 Å². The topological polar surface area (TPSA) is 79.0 Å². The summed E-state index contributed by atoms with van der Waals surface area (Å²) in [4.78, 5) is 10.3. The summed E-state index contributed by atoms with van der Waals surface area (Å²) in [6, 6.07) is 14.2. The average Bonchev–Trinajstić information content (AvgIpc) is 2.49. The van der Waals surface area contributed by atoms with Gasteiger partial charge in [-0.15, -0.1) is 0 Å². The van der Waals surface area contributed by atoms with Gasteiger partial charge in [0, 0.05) is 27.4 Å². The first-order valence-corrected chi connectivity index (χ1v) is 7.29. The number of hydrogen-bond donors (Lipinski definition) is 1. The standard InChI is InChI=1S/C15H12IN3O2/c1-10(12-4-2-11(9-17)3-5-12)18-15-7-6-13(19(20)21)8-14(15)16/h2-8,10,18H,1H3. The second-order valence-corrected chi connectivity index (χ2v) is 5.68. The number of anilines is 1. The molecule has 6 heteroatoms. The van der Waals surface area contributed by atoms with E-state index in [-0.39, 0.29) is 11.7 Å². The number of nitro groups is 1. The average molecular weight is 393 g/mol. The van der Waals surface area contributed by atoms with Crippen molar-refractivity contribution >= 4 is 34.0 Å². The lowest BCUT2D eigenvalue weighted by Gasteiger charge is -2.17. The molecule has 0 spiro atoms. The highest BCUT2D eigenvalue weighted by Crippen LogP contribution is 2.27. The summed E-state index contributed by atoms with van der Waals surface area (Å²) < 4.78 is 0.794. The van der Waals surface area contributed by atoms with E-state index in [0.717, 1.165) is 14.8 Å². The van der Waals surface area contributed by atoms with Crippen molar-refractivity contribution in [2.24, 2.45) is 0 Å². The second kappa shape index (κ2) is 6.54. The van der Waals surface area contributed by atoms with Crippen molar-refractivity contribution < 1.29 is 4.92 Å². The van der Waals surface area contributed by atoms with Crippen molar-refractivity contribution in [3.05, 3.63) is 67.3 Å². The van der Waals surface area contributed by atoms with Crippen molar-refractivity contribution in [1.82, 2.24) is 0 Å². The van der Waals surface area contributed by atoms with E-state index >= 15 is 0 Å². The van der Waals surface area contributed by atoms with Gasteiger partial charge in [0.2, 0.25) is 0 Å². The molecule has 0 aromatic heterocycles. The number of benzene rings is 2. The highest BCUT2D eigenvalue weighted by atomic mass is 127. The van der Waals surface area contributed by atoms with Crippen LogP contribution in [0.4, 0.5) is 11.4 Å². The number of nitrogens with zero attached hydrogens (tertiary/aromatic N) is 2. The minimum absolute atomic E-state index is 0.0349. The van der Waals surface area contributed by atoms with E-state index in [2.05, 4.69) is 34.0 Å². The Balaban J connectivity index is 2.17. The van der Waals surface area contributed by atoms with E-state index in [1.54, 1.807) is 18.2 Å².